The Bertz CT molecular complexity index is 815. The Kier molecular flexibility index (Phi) is 4.13. The molecule has 1 amide bonds. The number of rotatable bonds is 4. The minimum absolute atomic E-state index is 0.239. The van der Waals surface area contributed by atoms with Crippen LogP contribution in [-0.2, 0) is 14.6 Å². The average Bonchev–Trinajstić information content (AvgIpc) is 2.89. The van der Waals surface area contributed by atoms with Gasteiger partial charge in [0.05, 0.1) is 9.94 Å². The van der Waals surface area contributed by atoms with E-state index in [4.69, 9.17) is 0 Å². The van der Waals surface area contributed by atoms with Crippen molar-refractivity contribution in [1.82, 2.24) is 0 Å². The molecule has 0 saturated heterocycles. The number of carbonyl (C=O) groups is 1. The molecule has 112 valence electrons. The predicted octanol–water partition coefficient (Wildman–Crippen LogP) is 2.87. The van der Waals surface area contributed by atoms with E-state index < -0.39 is 15.1 Å². The maximum absolute atomic E-state index is 12.3. The third kappa shape index (κ3) is 3.13. The Balaban J connectivity index is 1.78. The highest BCUT2D eigenvalue weighted by atomic mass is 32.2. The second-order valence-corrected chi connectivity index (χ2v) is 7.99. The summed E-state index contributed by atoms with van der Waals surface area (Å²) in [6, 6.07) is 17.5. The molecule has 2 aromatic rings. The summed E-state index contributed by atoms with van der Waals surface area (Å²) in [5, 5.41) is -0.0927. The van der Waals surface area contributed by atoms with E-state index >= 15 is 0 Å². The zero-order valence-electron chi connectivity index (χ0n) is 11.5. The Labute approximate surface area is 133 Å². The van der Waals surface area contributed by atoms with E-state index in [1.165, 1.54) is 11.8 Å². The highest BCUT2D eigenvalue weighted by Crippen LogP contribution is 2.37. The highest BCUT2D eigenvalue weighted by molar-refractivity contribution is 8.16. The first-order valence-electron chi connectivity index (χ1n) is 6.67. The number of carbonyl (C=O) groups excluding carboxylic acids is 1. The molecule has 0 aromatic heterocycles. The van der Waals surface area contributed by atoms with Crippen LogP contribution in [0.5, 0.6) is 0 Å². The average molecular weight is 331 g/mol. The third-order valence-corrected chi connectivity index (χ3v) is 6.28. The van der Waals surface area contributed by atoms with Crippen LogP contribution in [-0.4, -0.2) is 25.1 Å². The van der Waals surface area contributed by atoms with Gasteiger partial charge < -0.3 is 0 Å². The molecule has 1 unspecified atom stereocenters. The molecule has 0 radical (unpaired) electrons. The smallest absolute Gasteiger partial charge is 0.264 e. The van der Waals surface area contributed by atoms with Crippen LogP contribution in [0.15, 0.2) is 70.6 Å². The zero-order valence-corrected chi connectivity index (χ0v) is 13.2. The maximum Gasteiger partial charge on any atom is 0.264 e. The van der Waals surface area contributed by atoms with Gasteiger partial charge in [0, 0.05) is 0 Å². The second-order valence-electron chi connectivity index (χ2n) is 4.82. The van der Waals surface area contributed by atoms with Crippen molar-refractivity contribution in [3.8, 4) is 0 Å². The lowest BCUT2D eigenvalue weighted by Crippen LogP contribution is -2.12. The van der Waals surface area contributed by atoms with Gasteiger partial charge in [0.25, 0.3) is 5.91 Å². The largest absolute Gasteiger partial charge is 0.271 e. The topological polar surface area (TPSA) is 63.6 Å². The Morgan fingerprint density at radius 3 is 2.18 bits per heavy atom. The summed E-state index contributed by atoms with van der Waals surface area (Å²) in [6.45, 7) is 0. The molecule has 4 nitrogen and oxygen atoms in total. The van der Waals surface area contributed by atoms with Gasteiger partial charge in [0.2, 0.25) is 0 Å². The number of hydrogen-bond donors (Lipinski definition) is 0. The van der Waals surface area contributed by atoms with Crippen molar-refractivity contribution in [3.05, 3.63) is 66.2 Å². The lowest BCUT2D eigenvalue weighted by Gasteiger charge is -2.07. The van der Waals surface area contributed by atoms with E-state index in [1.807, 2.05) is 30.3 Å². The van der Waals surface area contributed by atoms with E-state index in [0.717, 1.165) is 5.56 Å². The van der Waals surface area contributed by atoms with Crippen LogP contribution in [0.2, 0.25) is 0 Å². The normalized spacial score (nSPS) is 18.3. The van der Waals surface area contributed by atoms with E-state index in [0.29, 0.717) is 5.04 Å². The monoisotopic (exact) mass is 331 g/mol. The first kappa shape index (κ1) is 15.0. The van der Waals surface area contributed by atoms with Gasteiger partial charge in [-0.25, -0.2) is 13.4 Å². The summed E-state index contributed by atoms with van der Waals surface area (Å²) in [4.78, 5) is 16.2. The molecule has 0 N–H and O–H groups in total. The summed E-state index contributed by atoms with van der Waals surface area (Å²) in [6.07, 6.45) is 0. The van der Waals surface area contributed by atoms with Crippen LogP contribution in [0.3, 0.4) is 0 Å². The number of nitrogens with zero attached hydrogens (tertiary/aromatic N) is 1. The van der Waals surface area contributed by atoms with Crippen molar-refractivity contribution in [3.63, 3.8) is 0 Å². The summed E-state index contributed by atoms with van der Waals surface area (Å²) in [5.41, 5.74) is 0.841. The summed E-state index contributed by atoms with van der Waals surface area (Å²) < 4.78 is 24.7. The van der Waals surface area contributed by atoms with Crippen LogP contribution in [0, 0.1) is 0 Å². The van der Waals surface area contributed by atoms with E-state index in [-0.39, 0.29) is 16.6 Å². The molecule has 0 aliphatic carbocycles. The van der Waals surface area contributed by atoms with Gasteiger partial charge in [0.1, 0.15) is 11.0 Å². The number of sulfone groups is 1. The van der Waals surface area contributed by atoms with Crippen LogP contribution in [0.25, 0.3) is 0 Å². The molecule has 1 aliphatic heterocycles. The fourth-order valence-electron chi connectivity index (χ4n) is 2.17. The van der Waals surface area contributed by atoms with Gasteiger partial charge in [-0.2, -0.15) is 0 Å². The van der Waals surface area contributed by atoms with Crippen molar-refractivity contribution in [2.45, 2.75) is 10.1 Å². The van der Waals surface area contributed by atoms with Crippen LogP contribution < -0.4 is 0 Å². The van der Waals surface area contributed by atoms with Crippen molar-refractivity contribution < 1.29 is 13.2 Å². The standard InChI is InChI=1S/C16H13NO3S2/c18-16-15(12-7-3-1-4-8-12)21-14(17-16)11-22(19,20)13-9-5-2-6-10-13/h1-10,15H,11H2. The molecule has 2 aromatic carbocycles. The maximum atomic E-state index is 12.3. The van der Waals surface area contributed by atoms with Gasteiger partial charge in [-0.05, 0) is 17.7 Å². The molecule has 6 heteroatoms. The van der Waals surface area contributed by atoms with Crippen molar-refractivity contribution in [2.24, 2.45) is 4.99 Å². The lowest BCUT2D eigenvalue weighted by atomic mass is 10.1. The van der Waals surface area contributed by atoms with Crippen molar-refractivity contribution >= 4 is 32.6 Å². The van der Waals surface area contributed by atoms with Crippen molar-refractivity contribution in [2.75, 3.05) is 5.75 Å². The zero-order chi connectivity index (χ0) is 15.6. The molecule has 1 heterocycles. The number of benzene rings is 2. The van der Waals surface area contributed by atoms with Gasteiger partial charge >= 0.3 is 0 Å². The van der Waals surface area contributed by atoms with Gasteiger partial charge in [-0.3, -0.25) is 4.79 Å². The quantitative estimate of drug-likeness (QED) is 0.864. The molecule has 0 spiro atoms. The fraction of sp³-hybridized carbons (Fsp3) is 0.125. The third-order valence-electron chi connectivity index (χ3n) is 3.23. The summed E-state index contributed by atoms with van der Waals surface area (Å²) >= 11 is 1.21. The van der Waals surface area contributed by atoms with E-state index in [2.05, 4.69) is 4.99 Å². The Morgan fingerprint density at radius 2 is 1.55 bits per heavy atom. The number of aliphatic imine (C=N–C) groups is 1. The number of thioether (sulfide) groups is 1. The Morgan fingerprint density at radius 1 is 0.955 bits per heavy atom. The number of hydrogen-bond acceptors (Lipinski definition) is 4. The predicted molar refractivity (Wildman–Crippen MR) is 87.7 cm³/mol. The lowest BCUT2D eigenvalue weighted by molar-refractivity contribution is -0.117. The first-order chi connectivity index (χ1) is 10.6. The van der Waals surface area contributed by atoms with Crippen LogP contribution >= 0.6 is 11.8 Å². The van der Waals surface area contributed by atoms with Gasteiger partial charge in [-0.1, -0.05) is 60.3 Å². The minimum Gasteiger partial charge on any atom is -0.271 e. The van der Waals surface area contributed by atoms with E-state index in [1.54, 1.807) is 30.3 Å². The summed E-state index contributed by atoms with van der Waals surface area (Å²) in [7, 11) is -3.48. The fourth-order valence-corrected chi connectivity index (χ4v) is 4.90. The molecular formula is C16H13NO3S2. The summed E-state index contributed by atoms with van der Waals surface area (Å²) in [5.74, 6) is -0.536. The van der Waals surface area contributed by atoms with E-state index in [9.17, 15) is 13.2 Å². The number of amides is 1. The van der Waals surface area contributed by atoms with Crippen molar-refractivity contribution in [1.29, 1.82) is 0 Å². The van der Waals surface area contributed by atoms with Crippen LogP contribution in [0.4, 0.5) is 0 Å². The molecule has 1 aliphatic rings. The van der Waals surface area contributed by atoms with Gasteiger partial charge in [-0.15, -0.1) is 0 Å². The molecule has 0 bridgehead atoms. The minimum atomic E-state index is -3.48. The first-order valence-corrected chi connectivity index (χ1v) is 9.20. The molecule has 0 saturated carbocycles. The molecule has 3 rings (SSSR count). The van der Waals surface area contributed by atoms with Gasteiger partial charge in [0.15, 0.2) is 9.84 Å². The second kappa shape index (κ2) is 6.06. The highest BCUT2D eigenvalue weighted by Gasteiger charge is 2.32. The molecule has 22 heavy (non-hydrogen) atoms. The molecule has 1 atom stereocenters. The van der Waals surface area contributed by atoms with Crippen LogP contribution in [0.1, 0.15) is 10.8 Å². The molecule has 0 fully saturated rings. The SMILES string of the molecule is O=C1N=C(CS(=O)(=O)c2ccccc2)SC1c1ccccc1. The molecular weight excluding hydrogens is 318 g/mol. The Hall–Kier alpha value is -1.92.